The highest BCUT2D eigenvalue weighted by atomic mass is 32.1. The van der Waals surface area contributed by atoms with Gasteiger partial charge in [0, 0.05) is 44.5 Å². The summed E-state index contributed by atoms with van der Waals surface area (Å²) < 4.78 is 7.71. The third-order valence-corrected chi connectivity index (χ3v) is 5.09. The normalized spacial score (nSPS) is 17.8. The molecule has 1 fully saturated rings. The van der Waals surface area contributed by atoms with Crippen LogP contribution in [0.15, 0.2) is 48.4 Å². The standard InChI is InChI=1S/C18H19N5O2S/c24-18(14-10-19-17(20-11-14)16-4-1-9-26-16)22-6-3-8-25-15(12-22)13-23-7-2-5-21-23/h1-2,4-5,7,9-11,15H,3,6,8,12-13H2/t15-/m0/s1. The average Bonchev–Trinajstić information content (AvgIpc) is 3.33. The molecule has 0 radical (unpaired) electrons. The highest BCUT2D eigenvalue weighted by Crippen LogP contribution is 2.20. The Bertz CT molecular complexity index is 833. The van der Waals surface area contributed by atoms with E-state index in [2.05, 4.69) is 15.1 Å². The summed E-state index contributed by atoms with van der Waals surface area (Å²) in [5.41, 5.74) is 0.505. The van der Waals surface area contributed by atoms with Gasteiger partial charge < -0.3 is 9.64 Å². The number of hydrogen-bond acceptors (Lipinski definition) is 6. The molecule has 0 unspecified atom stereocenters. The fraction of sp³-hybridized carbons (Fsp3) is 0.333. The second kappa shape index (κ2) is 7.76. The topological polar surface area (TPSA) is 73.1 Å². The van der Waals surface area contributed by atoms with Gasteiger partial charge in [-0.2, -0.15) is 5.10 Å². The van der Waals surface area contributed by atoms with Crippen molar-refractivity contribution in [3.63, 3.8) is 0 Å². The van der Waals surface area contributed by atoms with E-state index in [-0.39, 0.29) is 12.0 Å². The van der Waals surface area contributed by atoms with Crippen molar-refractivity contribution >= 4 is 17.2 Å². The molecule has 0 bridgehead atoms. The van der Waals surface area contributed by atoms with Crippen LogP contribution < -0.4 is 0 Å². The van der Waals surface area contributed by atoms with Gasteiger partial charge in [0.05, 0.1) is 23.1 Å². The van der Waals surface area contributed by atoms with Crippen molar-refractivity contribution in [2.24, 2.45) is 0 Å². The first-order chi connectivity index (χ1) is 12.8. The molecule has 3 aromatic heterocycles. The first-order valence-electron chi connectivity index (χ1n) is 8.54. The molecule has 1 saturated heterocycles. The number of rotatable bonds is 4. The van der Waals surface area contributed by atoms with E-state index in [4.69, 9.17) is 4.74 Å². The van der Waals surface area contributed by atoms with Crippen LogP contribution in [0.1, 0.15) is 16.8 Å². The molecule has 8 heteroatoms. The molecule has 0 spiro atoms. The number of aromatic nitrogens is 4. The van der Waals surface area contributed by atoms with Crippen LogP contribution >= 0.6 is 11.3 Å². The molecule has 3 aromatic rings. The third-order valence-electron chi connectivity index (χ3n) is 4.23. The van der Waals surface area contributed by atoms with E-state index in [9.17, 15) is 4.79 Å². The van der Waals surface area contributed by atoms with Gasteiger partial charge in [0.1, 0.15) is 0 Å². The van der Waals surface area contributed by atoms with Crippen molar-refractivity contribution in [3.8, 4) is 10.7 Å². The van der Waals surface area contributed by atoms with E-state index in [0.717, 1.165) is 11.3 Å². The lowest BCUT2D eigenvalue weighted by Crippen LogP contribution is -2.38. The summed E-state index contributed by atoms with van der Waals surface area (Å²) in [6.45, 7) is 2.47. The van der Waals surface area contributed by atoms with Crippen molar-refractivity contribution in [3.05, 3.63) is 53.9 Å². The summed E-state index contributed by atoms with van der Waals surface area (Å²) in [6.07, 6.45) is 7.60. The molecule has 0 aliphatic carbocycles. The number of amides is 1. The molecule has 4 rings (SSSR count). The molecule has 0 aromatic carbocycles. The highest BCUT2D eigenvalue weighted by molar-refractivity contribution is 7.13. The van der Waals surface area contributed by atoms with Gasteiger partial charge in [0.15, 0.2) is 5.82 Å². The minimum Gasteiger partial charge on any atom is -0.374 e. The Morgan fingerprint density at radius 3 is 2.92 bits per heavy atom. The maximum absolute atomic E-state index is 12.9. The minimum absolute atomic E-state index is 0.0568. The summed E-state index contributed by atoms with van der Waals surface area (Å²) in [4.78, 5) is 24.4. The van der Waals surface area contributed by atoms with Gasteiger partial charge in [-0.25, -0.2) is 9.97 Å². The predicted octanol–water partition coefficient (Wildman–Crippen LogP) is 2.33. The summed E-state index contributed by atoms with van der Waals surface area (Å²) in [7, 11) is 0. The predicted molar refractivity (Wildman–Crippen MR) is 97.8 cm³/mol. The smallest absolute Gasteiger partial charge is 0.257 e. The van der Waals surface area contributed by atoms with Crippen LogP contribution in [0.2, 0.25) is 0 Å². The first kappa shape index (κ1) is 16.9. The van der Waals surface area contributed by atoms with Gasteiger partial charge in [-0.05, 0) is 23.9 Å². The van der Waals surface area contributed by atoms with Gasteiger partial charge in [-0.3, -0.25) is 9.48 Å². The molecule has 26 heavy (non-hydrogen) atoms. The van der Waals surface area contributed by atoms with E-state index in [0.29, 0.717) is 37.6 Å². The maximum Gasteiger partial charge on any atom is 0.257 e. The Labute approximate surface area is 155 Å². The number of carbonyl (C=O) groups excluding carboxylic acids is 1. The van der Waals surface area contributed by atoms with Gasteiger partial charge >= 0.3 is 0 Å². The quantitative estimate of drug-likeness (QED) is 0.706. The van der Waals surface area contributed by atoms with E-state index >= 15 is 0 Å². The monoisotopic (exact) mass is 369 g/mol. The lowest BCUT2D eigenvalue weighted by Gasteiger charge is -2.24. The fourth-order valence-corrected chi connectivity index (χ4v) is 3.63. The van der Waals surface area contributed by atoms with Crippen LogP contribution in [-0.4, -0.2) is 56.4 Å². The molecule has 4 heterocycles. The Balaban J connectivity index is 1.45. The summed E-state index contributed by atoms with van der Waals surface area (Å²) in [5, 5.41) is 6.20. The number of carbonyl (C=O) groups is 1. The SMILES string of the molecule is O=C(c1cnc(-c2cccs2)nc1)N1CCCO[C@H](Cn2cccn2)C1. The van der Waals surface area contributed by atoms with Crippen LogP contribution in [0.3, 0.4) is 0 Å². The Hall–Kier alpha value is -2.58. The number of thiophene rings is 1. The Morgan fingerprint density at radius 1 is 1.31 bits per heavy atom. The largest absolute Gasteiger partial charge is 0.374 e. The maximum atomic E-state index is 12.9. The fourth-order valence-electron chi connectivity index (χ4n) is 2.96. The molecule has 0 N–H and O–H groups in total. The molecule has 1 aliphatic rings. The van der Waals surface area contributed by atoms with Crippen molar-refractivity contribution in [1.82, 2.24) is 24.6 Å². The summed E-state index contributed by atoms with van der Waals surface area (Å²) in [6, 6.07) is 5.80. The zero-order chi connectivity index (χ0) is 17.8. The summed E-state index contributed by atoms with van der Waals surface area (Å²) in [5.74, 6) is 0.589. The van der Waals surface area contributed by atoms with Gasteiger partial charge in [0.2, 0.25) is 0 Å². The second-order valence-electron chi connectivity index (χ2n) is 6.10. The van der Waals surface area contributed by atoms with Crippen LogP contribution in [0.5, 0.6) is 0 Å². The van der Waals surface area contributed by atoms with Crippen molar-refractivity contribution in [2.75, 3.05) is 19.7 Å². The number of ether oxygens (including phenoxy) is 1. The second-order valence-corrected chi connectivity index (χ2v) is 7.05. The van der Waals surface area contributed by atoms with Crippen molar-refractivity contribution in [1.29, 1.82) is 0 Å². The first-order valence-corrected chi connectivity index (χ1v) is 9.42. The number of hydrogen-bond donors (Lipinski definition) is 0. The highest BCUT2D eigenvalue weighted by Gasteiger charge is 2.24. The van der Waals surface area contributed by atoms with Gasteiger partial charge in [0.25, 0.3) is 5.91 Å². The van der Waals surface area contributed by atoms with Gasteiger partial charge in [-0.15, -0.1) is 11.3 Å². The molecule has 0 saturated carbocycles. The van der Waals surface area contributed by atoms with Gasteiger partial charge in [-0.1, -0.05) is 6.07 Å². The molecule has 1 aliphatic heterocycles. The van der Waals surface area contributed by atoms with Crippen LogP contribution in [0, 0.1) is 0 Å². The van der Waals surface area contributed by atoms with Crippen LogP contribution in [0.4, 0.5) is 0 Å². The molecular weight excluding hydrogens is 350 g/mol. The zero-order valence-corrected chi connectivity index (χ0v) is 15.0. The molecule has 7 nitrogen and oxygen atoms in total. The minimum atomic E-state index is -0.0762. The Morgan fingerprint density at radius 2 is 2.19 bits per heavy atom. The molecular formula is C18H19N5O2S. The van der Waals surface area contributed by atoms with Crippen LogP contribution in [-0.2, 0) is 11.3 Å². The lowest BCUT2D eigenvalue weighted by atomic mass is 10.2. The Kier molecular flexibility index (Phi) is 5.03. The van der Waals surface area contributed by atoms with E-state index in [1.165, 1.54) is 0 Å². The third kappa shape index (κ3) is 3.81. The van der Waals surface area contributed by atoms with Crippen molar-refractivity contribution < 1.29 is 9.53 Å². The zero-order valence-electron chi connectivity index (χ0n) is 14.2. The number of nitrogens with zero attached hydrogens (tertiary/aromatic N) is 5. The van der Waals surface area contributed by atoms with E-state index in [1.54, 1.807) is 29.9 Å². The van der Waals surface area contributed by atoms with Crippen LogP contribution in [0.25, 0.3) is 10.7 Å². The van der Waals surface area contributed by atoms with Crippen molar-refractivity contribution in [2.45, 2.75) is 19.1 Å². The molecule has 1 amide bonds. The van der Waals surface area contributed by atoms with E-state index < -0.39 is 0 Å². The lowest BCUT2D eigenvalue weighted by molar-refractivity contribution is 0.0367. The summed E-state index contributed by atoms with van der Waals surface area (Å²) >= 11 is 1.58. The average molecular weight is 369 g/mol. The molecule has 134 valence electrons. The molecule has 1 atom stereocenters. The van der Waals surface area contributed by atoms with E-state index in [1.807, 2.05) is 39.4 Å².